The quantitative estimate of drug-likeness (QED) is 0.700. The van der Waals surface area contributed by atoms with E-state index >= 15 is 0 Å². The summed E-state index contributed by atoms with van der Waals surface area (Å²) in [7, 11) is 0. The molecular weight excluding hydrogens is 224 g/mol. The van der Waals surface area contributed by atoms with Crippen molar-refractivity contribution in [1.29, 1.82) is 0 Å². The predicted octanol–water partition coefficient (Wildman–Crippen LogP) is 3.69. The molecule has 3 heteroatoms. The van der Waals surface area contributed by atoms with Gasteiger partial charge in [-0.25, -0.2) is 0 Å². The average Bonchev–Trinajstić information content (AvgIpc) is 2.35. The maximum atomic E-state index is 5.01. The Bertz CT molecular complexity index is 67.6. The number of hydrogen-bond acceptors (Lipinski definition) is 3. The monoisotopic (exact) mass is 264 g/mol. The summed E-state index contributed by atoms with van der Waals surface area (Å²) in [5.41, 5.74) is 0. The van der Waals surface area contributed by atoms with E-state index in [9.17, 15) is 0 Å². The summed E-state index contributed by atoms with van der Waals surface area (Å²) in [6.07, 6.45) is 5.47. The summed E-state index contributed by atoms with van der Waals surface area (Å²) >= 11 is 0. The minimum absolute atomic E-state index is 0. The number of piperidine rings is 1. The van der Waals surface area contributed by atoms with E-state index in [4.69, 9.17) is 4.74 Å². The Balaban J connectivity index is -0.0000000793. The lowest BCUT2D eigenvalue weighted by Crippen LogP contribution is -2.30. The fourth-order valence-corrected chi connectivity index (χ4v) is 1.32. The number of rotatable bonds is 0. The molecule has 18 heavy (non-hydrogen) atoms. The molecule has 0 spiro atoms. The first-order valence-corrected chi connectivity index (χ1v) is 6.41. The highest BCUT2D eigenvalue weighted by Gasteiger charge is 1.94. The molecule has 2 aliphatic heterocycles. The zero-order chi connectivity index (χ0) is 11.2. The summed E-state index contributed by atoms with van der Waals surface area (Å²) in [5.74, 6) is 0. The highest BCUT2D eigenvalue weighted by molar-refractivity contribution is 4.55. The van der Waals surface area contributed by atoms with Gasteiger partial charge in [0.15, 0.2) is 0 Å². The van der Waals surface area contributed by atoms with Gasteiger partial charge in [-0.2, -0.15) is 0 Å². The Kier molecular flexibility index (Phi) is 37.7. The molecule has 2 saturated heterocycles. The molecule has 2 aliphatic rings. The summed E-state index contributed by atoms with van der Waals surface area (Å²) in [4.78, 5) is 0. The summed E-state index contributed by atoms with van der Waals surface area (Å²) in [6.45, 7) is 10.6. The molecule has 0 bridgehead atoms. The maximum Gasteiger partial charge on any atom is 0.0591 e. The molecule has 2 rings (SSSR count). The molecule has 0 aromatic carbocycles. The van der Waals surface area contributed by atoms with Crippen LogP contribution in [0.25, 0.3) is 0 Å². The first-order chi connectivity index (χ1) is 7.41. The standard InChI is InChI=1S/C5H11N.C4H9NO.C3H8.3CH4/c1-2-4-6-5-3-1;1-3-6-4-2-5-1;1-3-2;;;/h6H,1-5H2;5H,1-4H2;3H2,1-2H3;3*1H4. The summed E-state index contributed by atoms with van der Waals surface area (Å²) < 4.78 is 5.01. The van der Waals surface area contributed by atoms with E-state index in [0.717, 1.165) is 26.3 Å². The van der Waals surface area contributed by atoms with Crippen LogP contribution in [0.4, 0.5) is 0 Å². The lowest BCUT2D eigenvalue weighted by molar-refractivity contribution is 0.109. The minimum atomic E-state index is 0. The van der Waals surface area contributed by atoms with Crippen molar-refractivity contribution in [3.8, 4) is 0 Å². The van der Waals surface area contributed by atoms with Gasteiger partial charge in [-0.15, -0.1) is 0 Å². The van der Waals surface area contributed by atoms with E-state index in [1.165, 1.54) is 38.8 Å². The van der Waals surface area contributed by atoms with Gasteiger partial charge in [0.25, 0.3) is 0 Å². The largest absolute Gasteiger partial charge is 0.379 e. The van der Waals surface area contributed by atoms with Gasteiger partial charge in [-0.3, -0.25) is 0 Å². The number of nitrogens with one attached hydrogen (secondary N) is 2. The van der Waals surface area contributed by atoms with E-state index in [2.05, 4.69) is 24.5 Å². The van der Waals surface area contributed by atoms with Gasteiger partial charge in [0, 0.05) is 13.1 Å². The molecule has 116 valence electrons. The van der Waals surface area contributed by atoms with Crippen molar-refractivity contribution >= 4 is 0 Å². The number of hydrogen-bond donors (Lipinski definition) is 2. The molecule has 0 aromatic heterocycles. The first-order valence-electron chi connectivity index (χ1n) is 6.41. The maximum absolute atomic E-state index is 5.01. The highest BCUT2D eigenvalue weighted by Crippen LogP contribution is 1.96. The molecule has 0 aliphatic carbocycles. The lowest BCUT2D eigenvalue weighted by atomic mass is 10.2. The average molecular weight is 264 g/mol. The molecule has 2 N–H and O–H groups in total. The van der Waals surface area contributed by atoms with Crippen molar-refractivity contribution < 1.29 is 4.74 Å². The van der Waals surface area contributed by atoms with Crippen molar-refractivity contribution in [3.63, 3.8) is 0 Å². The van der Waals surface area contributed by atoms with Crippen LogP contribution in [-0.2, 0) is 4.74 Å². The zero-order valence-corrected chi connectivity index (χ0v) is 10.5. The Hall–Kier alpha value is -0.120. The Labute approximate surface area is 117 Å². The molecule has 0 atom stereocenters. The van der Waals surface area contributed by atoms with Gasteiger partial charge in [0.05, 0.1) is 13.2 Å². The lowest BCUT2D eigenvalue weighted by Gasteiger charge is -2.10. The SMILES string of the molecule is C.C.C.C1CCNCC1.C1COCCN1.CCC. The van der Waals surface area contributed by atoms with E-state index < -0.39 is 0 Å². The molecule has 3 nitrogen and oxygen atoms in total. The normalized spacial score (nSPS) is 17.0. The third kappa shape index (κ3) is 24.9. The van der Waals surface area contributed by atoms with Crippen molar-refractivity contribution in [2.45, 2.75) is 61.8 Å². The van der Waals surface area contributed by atoms with E-state index in [-0.39, 0.29) is 22.3 Å². The second kappa shape index (κ2) is 25.7. The first kappa shape index (κ1) is 26.4. The van der Waals surface area contributed by atoms with Crippen LogP contribution in [0.5, 0.6) is 0 Å². The molecule has 0 amide bonds. The van der Waals surface area contributed by atoms with Crippen molar-refractivity contribution in [1.82, 2.24) is 10.6 Å². The molecule has 2 heterocycles. The third-order valence-electron chi connectivity index (χ3n) is 2.05. The van der Waals surface area contributed by atoms with Crippen molar-refractivity contribution in [2.24, 2.45) is 0 Å². The highest BCUT2D eigenvalue weighted by atomic mass is 16.5. The number of morpholine rings is 1. The van der Waals surface area contributed by atoms with Gasteiger partial charge in [0.2, 0.25) is 0 Å². The predicted molar refractivity (Wildman–Crippen MR) is 86.6 cm³/mol. The van der Waals surface area contributed by atoms with Crippen LogP contribution in [-0.4, -0.2) is 39.4 Å². The molecule has 0 saturated carbocycles. The van der Waals surface area contributed by atoms with Crippen molar-refractivity contribution in [2.75, 3.05) is 39.4 Å². The molecule has 2 fully saturated rings. The van der Waals surface area contributed by atoms with Crippen LogP contribution in [0.2, 0.25) is 0 Å². The van der Waals surface area contributed by atoms with Gasteiger partial charge in [-0.05, 0) is 25.9 Å². The van der Waals surface area contributed by atoms with E-state index in [1.54, 1.807) is 0 Å². The Morgan fingerprint density at radius 3 is 1.22 bits per heavy atom. The van der Waals surface area contributed by atoms with Crippen LogP contribution in [0.15, 0.2) is 0 Å². The van der Waals surface area contributed by atoms with Gasteiger partial charge in [-0.1, -0.05) is 49.0 Å². The molecule has 0 radical (unpaired) electrons. The molecule has 0 unspecified atom stereocenters. The number of ether oxygens (including phenoxy) is 1. The van der Waals surface area contributed by atoms with Gasteiger partial charge >= 0.3 is 0 Å². The van der Waals surface area contributed by atoms with Crippen LogP contribution in [0.3, 0.4) is 0 Å². The van der Waals surface area contributed by atoms with Crippen LogP contribution in [0.1, 0.15) is 61.8 Å². The topological polar surface area (TPSA) is 33.3 Å². The van der Waals surface area contributed by atoms with Crippen molar-refractivity contribution in [3.05, 3.63) is 0 Å². The van der Waals surface area contributed by atoms with E-state index in [0.29, 0.717) is 0 Å². The fraction of sp³-hybridized carbons (Fsp3) is 1.00. The second-order valence-electron chi connectivity index (χ2n) is 3.88. The van der Waals surface area contributed by atoms with Gasteiger partial charge in [0.1, 0.15) is 0 Å². The minimum Gasteiger partial charge on any atom is -0.379 e. The fourth-order valence-electron chi connectivity index (χ4n) is 1.32. The van der Waals surface area contributed by atoms with Crippen LogP contribution in [0, 0.1) is 0 Å². The Morgan fingerprint density at radius 1 is 0.722 bits per heavy atom. The van der Waals surface area contributed by atoms with E-state index in [1.807, 2.05) is 0 Å². The third-order valence-corrected chi connectivity index (χ3v) is 2.05. The second-order valence-corrected chi connectivity index (χ2v) is 3.88. The summed E-state index contributed by atoms with van der Waals surface area (Å²) in [5, 5.41) is 6.44. The zero-order valence-electron chi connectivity index (χ0n) is 10.5. The smallest absolute Gasteiger partial charge is 0.0591 e. The Morgan fingerprint density at radius 2 is 1.11 bits per heavy atom. The molecule has 0 aromatic rings. The van der Waals surface area contributed by atoms with Crippen LogP contribution >= 0.6 is 0 Å². The molecular formula is C15H40N2O. The van der Waals surface area contributed by atoms with Gasteiger partial charge < -0.3 is 15.4 Å². The van der Waals surface area contributed by atoms with Crippen LogP contribution < -0.4 is 10.6 Å². The summed E-state index contributed by atoms with van der Waals surface area (Å²) in [6, 6.07) is 0.